The van der Waals surface area contributed by atoms with E-state index in [1.54, 1.807) is 26.0 Å². The number of benzene rings is 1. The number of hydrogen-bond acceptors (Lipinski definition) is 10. The second-order valence-corrected chi connectivity index (χ2v) is 18.3. The molecule has 2 saturated heterocycles. The molecule has 7 rings (SSSR count). The van der Waals surface area contributed by atoms with Crippen LogP contribution in [-0.2, 0) is 35.4 Å². The third-order valence-electron chi connectivity index (χ3n) is 11.6. The smallest absolute Gasteiger partial charge is 0.438 e. The number of sulfonamides is 1. The van der Waals surface area contributed by atoms with Gasteiger partial charge in [-0.15, -0.1) is 0 Å². The minimum Gasteiger partial charge on any atom is -0.471 e. The van der Waals surface area contributed by atoms with Crippen LogP contribution in [0.25, 0.3) is 11.0 Å². The molecule has 4 heterocycles. The Morgan fingerprint density at radius 3 is 2.42 bits per heavy atom. The van der Waals surface area contributed by atoms with Gasteiger partial charge in [0, 0.05) is 25.4 Å². The monoisotopic (exact) mass is 846 g/mol. The number of aromatic nitrogens is 2. The Hall–Kier alpha value is -5.01. The van der Waals surface area contributed by atoms with Crippen molar-refractivity contribution >= 4 is 50.7 Å². The van der Waals surface area contributed by atoms with Crippen molar-refractivity contribution in [1.29, 1.82) is 0 Å². The maximum Gasteiger partial charge on any atom is 0.438 e. The SMILES string of the molecule is CC(C)[C@@H](C(=O)NC1CCCCC/C=C\C2CC2(C(=O)NS(=O)(=O)C2CC2)NC(=O)C2CC(Oc3nc4ccccc4nc3C(F)(F)F)CN2C1=O)N1CCCNC1=O. The zero-order valence-corrected chi connectivity index (χ0v) is 33.6. The van der Waals surface area contributed by atoms with Crippen LogP contribution in [0.4, 0.5) is 18.0 Å². The van der Waals surface area contributed by atoms with Gasteiger partial charge in [-0.3, -0.25) is 23.9 Å². The number of halogens is 3. The first-order valence-electron chi connectivity index (χ1n) is 20.2. The van der Waals surface area contributed by atoms with Crippen molar-refractivity contribution in [2.45, 2.75) is 119 Å². The number of nitrogens with zero attached hydrogens (tertiary/aromatic N) is 4. The first-order valence-corrected chi connectivity index (χ1v) is 21.7. The van der Waals surface area contributed by atoms with E-state index in [-0.39, 0.29) is 36.2 Å². The Morgan fingerprint density at radius 1 is 1.02 bits per heavy atom. The number of carbonyl (C=O) groups is 5. The van der Waals surface area contributed by atoms with Crippen molar-refractivity contribution in [3.63, 3.8) is 0 Å². The molecule has 1 aromatic carbocycles. The van der Waals surface area contributed by atoms with Crippen molar-refractivity contribution in [2.24, 2.45) is 11.8 Å². The fourth-order valence-electron chi connectivity index (χ4n) is 8.23. The van der Waals surface area contributed by atoms with Gasteiger partial charge in [-0.05, 0) is 63.0 Å². The summed E-state index contributed by atoms with van der Waals surface area (Å²) in [5.41, 5.74) is -2.99. The topological polar surface area (TPSA) is 209 Å². The molecule has 0 radical (unpaired) electrons. The Morgan fingerprint density at radius 2 is 1.75 bits per heavy atom. The van der Waals surface area contributed by atoms with Crippen LogP contribution >= 0.6 is 0 Å². The summed E-state index contributed by atoms with van der Waals surface area (Å²) in [6.45, 7) is 3.92. The number of amides is 6. The fourth-order valence-corrected chi connectivity index (χ4v) is 9.59. The zero-order chi connectivity index (χ0) is 42.3. The molecule has 0 bridgehead atoms. The van der Waals surface area contributed by atoms with Gasteiger partial charge in [0.25, 0.3) is 5.91 Å². The van der Waals surface area contributed by atoms with E-state index in [9.17, 15) is 45.6 Å². The molecule has 5 unspecified atom stereocenters. The molecule has 2 aromatic rings. The summed E-state index contributed by atoms with van der Waals surface area (Å²) in [4.78, 5) is 80.3. The molecule has 6 atom stereocenters. The summed E-state index contributed by atoms with van der Waals surface area (Å²) in [5, 5.41) is 7.60. The van der Waals surface area contributed by atoms with E-state index >= 15 is 0 Å². The van der Waals surface area contributed by atoms with Crippen LogP contribution in [0, 0.1) is 11.8 Å². The highest BCUT2D eigenvalue weighted by Gasteiger charge is 2.62. The Kier molecular flexibility index (Phi) is 11.8. The Bertz CT molecular complexity index is 2130. The van der Waals surface area contributed by atoms with Gasteiger partial charge < -0.3 is 30.5 Å². The number of carbonyl (C=O) groups excluding carboxylic acids is 5. The summed E-state index contributed by atoms with van der Waals surface area (Å²) in [7, 11) is -4.01. The van der Waals surface area contributed by atoms with Crippen molar-refractivity contribution < 1.29 is 50.3 Å². The summed E-state index contributed by atoms with van der Waals surface area (Å²) < 4.78 is 76.8. The number of rotatable bonds is 9. The van der Waals surface area contributed by atoms with E-state index in [2.05, 4.69) is 30.6 Å². The van der Waals surface area contributed by atoms with Crippen molar-refractivity contribution in [2.75, 3.05) is 19.6 Å². The number of ether oxygens (including phenoxy) is 1. The molecule has 4 N–H and O–H groups in total. The second-order valence-electron chi connectivity index (χ2n) is 16.4. The highest BCUT2D eigenvalue weighted by Crippen LogP contribution is 2.46. The van der Waals surface area contributed by atoms with Crippen LogP contribution in [0.2, 0.25) is 0 Å². The number of urea groups is 1. The molecule has 320 valence electrons. The highest BCUT2D eigenvalue weighted by atomic mass is 32.2. The average Bonchev–Trinajstić information content (AvgIpc) is 4.10. The standard InChI is InChI=1S/C39H49F3N8O8S/c1-22(2)30(49-18-10-17-43-37(49)55)33(52)45-28-14-7-5-3-4-6-11-23-20-38(23,36(54)48-59(56,57)25-15-16-25)47-32(51)29-19-24(21-50(29)35(28)53)58-34-31(39(40,41)42)44-26-12-8-9-13-27(26)46-34/h6,8-9,11-13,22-25,28-30H,3-5,7,10,14-21H2,1-2H3,(H,43,55)(H,45,52)(H,47,51)(H,48,54)/b11-6-/t23?,24?,28?,29?,30-,38?/m0/s1. The van der Waals surface area contributed by atoms with Gasteiger partial charge in [0.15, 0.2) is 0 Å². The number of allylic oxidation sites excluding steroid dienone is 1. The van der Waals surface area contributed by atoms with Crippen LogP contribution in [0.15, 0.2) is 36.4 Å². The molecule has 1 aromatic heterocycles. The van der Waals surface area contributed by atoms with E-state index in [4.69, 9.17) is 4.74 Å². The van der Waals surface area contributed by atoms with Crippen molar-refractivity contribution in [3.8, 4) is 5.88 Å². The number of hydrogen-bond donors (Lipinski definition) is 4. The largest absolute Gasteiger partial charge is 0.471 e. The van der Waals surface area contributed by atoms with Gasteiger partial charge in [0.05, 0.1) is 22.8 Å². The Balaban J connectivity index is 1.22. The normalized spacial score (nSPS) is 28.0. The van der Waals surface area contributed by atoms with E-state index < -0.39 is 105 Å². The lowest BCUT2D eigenvalue weighted by Crippen LogP contribution is -2.61. The van der Waals surface area contributed by atoms with E-state index in [1.165, 1.54) is 23.1 Å². The molecular formula is C39H49F3N8O8S. The fraction of sp³-hybridized carbons (Fsp3) is 0.615. The van der Waals surface area contributed by atoms with Crippen molar-refractivity contribution in [1.82, 2.24) is 40.4 Å². The molecule has 2 saturated carbocycles. The van der Waals surface area contributed by atoms with Gasteiger partial charge in [-0.1, -0.05) is 51.0 Å². The number of alkyl halides is 3. The lowest BCUT2D eigenvalue weighted by Gasteiger charge is -2.37. The molecule has 4 fully saturated rings. The van der Waals surface area contributed by atoms with Gasteiger partial charge in [-0.25, -0.2) is 23.2 Å². The average molecular weight is 847 g/mol. The summed E-state index contributed by atoms with van der Waals surface area (Å²) in [6.07, 6.45) is 1.05. The summed E-state index contributed by atoms with van der Waals surface area (Å²) in [6, 6.07) is 1.91. The maximum absolute atomic E-state index is 14.8. The third kappa shape index (κ3) is 9.11. The van der Waals surface area contributed by atoms with E-state index in [0.29, 0.717) is 58.0 Å². The molecule has 59 heavy (non-hydrogen) atoms. The molecular weight excluding hydrogens is 798 g/mol. The van der Waals surface area contributed by atoms with Crippen LogP contribution in [0.3, 0.4) is 0 Å². The molecule has 5 aliphatic rings. The maximum atomic E-state index is 14.8. The zero-order valence-electron chi connectivity index (χ0n) is 32.8. The highest BCUT2D eigenvalue weighted by molar-refractivity contribution is 7.91. The van der Waals surface area contributed by atoms with Gasteiger partial charge in [0.2, 0.25) is 39.3 Å². The minimum absolute atomic E-state index is 0.0264. The lowest BCUT2D eigenvalue weighted by molar-refractivity contribution is -0.143. The predicted molar refractivity (Wildman–Crippen MR) is 206 cm³/mol. The van der Waals surface area contributed by atoms with Gasteiger partial charge >= 0.3 is 12.2 Å². The van der Waals surface area contributed by atoms with Crippen LogP contribution in [-0.4, -0.2) is 112 Å². The summed E-state index contributed by atoms with van der Waals surface area (Å²) in [5.74, 6) is -4.86. The minimum atomic E-state index is -4.98. The predicted octanol–water partition coefficient (Wildman–Crippen LogP) is 2.93. The number of nitrogens with one attached hydrogen (secondary N) is 4. The van der Waals surface area contributed by atoms with Crippen molar-refractivity contribution in [3.05, 3.63) is 42.1 Å². The molecule has 6 amide bonds. The lowest BCUT2D eigenvalue weighted by atomic mass is 9.99. The van der Waals surface area contributed by atoms with Crippen LogP contribution in [0.5, 0.6) is 5.88 Å². The Labute approximate surface area is 339 Å². The number of para-hydroxylation sites is 2. The van der Waals surface area contributed by atoms with E-state index in [0.717, 1.165) is 4.90 Å². The molecule has 0 spiro atoms. The van der Waals surface area contributed by atoms with E-state index in [1.807, 2.05) is 6.08 Å². The second kappa shape index (κ2) is 16.6. The van der Waals surface area contributed by atoms with Crippen LogP contribution < -0.4 is 25.4 Å². The quantitative estimate of drug-likeness (QED) is 0.272. The van der Waals surface area contributed by atoms with Crippen LogP contribution in [0.1, 0.15) is 83.7 Å². The molecule has 3 aliphatic heterocycles. The first kappa shape index (κ1) is 42.1. The summed E-state index contributed by atoms with van der Waals surface area (Å²) >= 11 is 0. The van der Waals surface area contributed by atoms with Gasteiger partial charge in [-0.2, -0.15) is 13.2 Å². The van der Waals surface area contributed by atoms with Gasteiger partial charge in [0.1, 0.15) is 29.8 Å². The molecule has 20 heteroatoms. The third-order valence-corrected chi connectivity index (χ3v) is 13.4. The molecule has 16 nitrogen and oxygen atoms in total. The molecule has 2 aliphatic carbocycles. The number of fused-ring (bicyclic) bond motifs is 3. The first-order chi connectivity index (χ1) is 28.0.